The van der Waals surface area contributed by atoms with Crippen molar-refractivity contribution in [3.8, 4) is 39.7 Å². The van der Waals surface area contributed by atoms with Gasteiger partial charge < -0.3 is 23.6 Å². The average Bonchev–Trinajstić information content (AvgIpc) is 3.44. The number of fused-ring (bicyclic) bond motifs is 2. The van der Waals surface area contributed by atoms with Gasteiger partial charge in [0.15, 0.2) is 17.1 Å². The van der Waals surface area contributed by atoms with Gasteiger partial charge in [-0.25, -0.2) is 0 Å². The summed E-state index contributed by atoms with van der Waals surface area (Å²) < 4.78 is 22.6. The molecule has 0 saturated carbocycles. The lowest BCUT2D eigenvalue weighted by atomic mass is 10.0. The first-order chi connectivity index (χ1) is 14.7. The van der Waals surface area contributed by atoms with E-state index in [0.717, 1.165) is 33.3 Å². The Morgan fingerprint density at radius 2 is 1.63 bits per heavy atom. The molecule has 5 rings (SSSR count). The van der Waals surface area contributed by atoms with E-state index in [4.69, 9.17) is 18.6 Å². The molecule has 0 bridgehead atoms. The Morgan fingerprint density at radius 3 is 2.37 bits per heavy atom. The third-order valence-corrected chi connectivity index (χ3v) is 5.23. The number of rotatable bonds is 5. The Bertz CT molecular complexity index is 1340. The maximum absolute atomic E-state index is 6.28. The Morgan fingerprint density at radius 1 is 0.833 bits per heavy atom. The zero-order chi connectivity index (χ0) is 20.7. The van der Waals surface area contributed by atoms with Crippen LogP contribution in [0.2, 0.25) is 0 Å². The van der Waals surface area contributed by atoms with Crippen LogP contribution in [0.1, 0.15) is 0 Å². The van der Waals surface area contributed by atoms with E-state index in [-0.39, 0.29) is 0 Å². The summed E-state index contributed by atoms with van der Waals surface area (Å²) in [6, 6.07) is 16.0. The van der Waals surface area contributed by atoms with E-state index < -0.39 is 0 Å². The molecule has 0 spiro atoms. The second kappa shape index (κ2) is 7.15. The number of H-pyrrole nitrogens is 1. The molecule has 0 atom stereocenters. The number of aromatic amines is 1. The Kier molecular flexibility index (Phi) is 4.32. The van der Waals surface area contributed by atoms with Gasteiger partial charge in [-0.3, -0.25) is 4.98 Å². The maximum atomic E-state index is 6.28. The lowest BCUT2D eigenvalue weighted by Gasteiger charge is -2.13. The number of pyridine rings is 1. The third kappa shape index (κ3) is 2.85. The van der Waals surface area contributed by atoms with Gasteiger partial charge in [0.2, 0.25) is 5.75 Å². The highest BCUT2D eigenvalue weighted by molar-refractivity contribution is 5.95. The molecule has 3 aromatic heterocycles. The van der Waals surface area contributed by atoms with Gasteiger partial charge in [-0.05, 0) is 41.3 Å². The highest BCUT2D eigenvalue weighted by Gasteiger charge is 2.18. The highest BCUT2D eigenvalue weighted by atomic mass is 16.5. The molecule has 0 aliphatic rings. The number of nitrogens with one attached hydrogen (secondary N) is 1. The molecule has 0 unspecified atom stereocenters. The Hall–Kier alpha value is -3.93. The molecule has 0 amide bonds. The van der Waals surface area contributed by atoms with Gasteiger partial charge >= 0.3 is 0 Å². The summed E-state index contributed by atoms with van der Waals surface area (Å²) >= 11 is 0. The molecular weight excluding hydrogens is 380 g/mol. The number of nitrogens with zero attached hydrogens (tertiary/aromatic N) is 1. The van der Waals surface area contributed by atoms with Crippen LogP contribution in [0.3, 0.4) is 0 Å². The molecule has 0 aliphatic heterocycles. The van der Waals surface area contributed by atoms with E-state index in [1.807, 2.05) is 30.5 Å². The second-order valence-electron chi connectivity index (χ2n) is 6.88. The fourth-order valence-electron chi connectivity index (χ4n) is 3.75. The molecule has 3 heterocycles. The molecule has 0 saturated heterocycles. The molecule has 150 valence electrons. The van der Waals surface area contributed by atoms with Crippen molar-refractivity contribution in [3.63, 3.8) is 0 Å². The molecule has 0 radical (unpaired) electrons. The predicted octanol–water partition coefficient (Wildman–Crippen LogP) is 5.67. The molecule has 0 aliphatic carbocycles. The fourth-order valence-corrected chi connectivity index (χ4v) is 3.75. The lowest BCUT2D eigenvalue weighted by Crippen LogP contribution is -1.95. The van der Waals surface area contributed by atoms with Crippen LogP contribution >= 0.6 is 0 Å². The molecule has 30 heavy (non-hydrogen) atoms. The summed E-state index contributed by atoms with van der Waals surface area (Å²) in [6.45, 7) is 0. The number of hydrogen-bond donors (Lipinski definition) is 1. The summed E-state index contributed by atoms with van der Waals surface area (Å²) in [4.78, 5) is 7.76. The van der Waals surface area contributed by atoms with E-state index in [1.54, 1.807) is 27.5 Å². The minimum absolute atomic E-state index is 0.540. The van der Waals surface area contributed by atoms with E-state index >= 15 is 0 Å². The largest absolute Gasteiger partial charge is 0.493 e. The molecule has 6 nitrogen and oxygen atoms in total. The van der Waals surface area contributed by atoms with Gasteiger partial charge in [0.1, 0.15) is 11.3 Å². The van der Waals surface area contributed by atoms with Crippen LogP contribution in [0.25, 0.3) is 44.5 Å². The number of methoxy groups -OCH3 is 3. The predicted molar refractivity (Wildman–Crippen MR) is 116 cm³/mol. The first-order valence-electron chi connectivity index (χ1n) is 9.48. The molecule has 2 aromatic carbocycles. The van der Waals surface area contributed by atoms with Crippen LogP contribution in [0.5, 0.6) is 17.2 Å². The summed E-state index contributed by atoms with van der Waals surface area (Å²) in [5.74, 6) is 2.35. The van der Waals surface area contributed by atoms with Gasteiger partial charge in [0.05, 0.1) is 21.3 Å². The standard InChI is InChI=1S/C24H20N2O4/c1-27-21-11-16(12-22(28-2)24(21)29-3)20-13-19-23(30-20)17(7-9-26-19)15-5-4-14-6-8-25-18(14)10-15/h4-13,25H,1-3H3. The second-order valence-corrected chi connectivity index (χ2v) is 6.88. The van der Waals surface area contributed by atoms with Crippen LogP contribution in [0.15, 0.2) is 65.3 Å². The average molecular weight is 400 g/mol. The normalized spacial score (nSPS) is 11.2. The summed E-state index contributed by atoms with van der Waals surface area (Å²) in [7, 11) is 4.77. The van der Waals surface area contributed by atoms with Gasteiger partial charge in [0.25, 0.3) is 0 Å². The SMILES string of the molecule is COc1cc(-c2cc3nccc(-c4ccc5cc[nH]c5c4)c3o2)cc(OC)c1OC. The zero-order valence-electron chi connectivity index (χ0n) is 16.9. The van der Waals surface area contributed by atoms with Crippen molar-refractivity contribution in [1.29, 1.82) is 0 Å². The number of benzene rings is 2. The number of ether oxygens (including phenoxy) is 3. The Balaban J connectivity index is 1.67. The molecular formula is C24H20N2O4. The number of aromatic nitrogens is 2. The van der Waals surface area contributed by atoms with Crippen molar-refractivity contribution in [1.82, 2.24) is 9.97 Å². The van der Waals surface area contributed by atoms with E-state index in [0.29, 0.717) is 23.0 Å². The lowest BCUT2D eigenvalue weighted by molar-refractivity contribution is 0.324. The highest BCUT2D eigenvalue weighted by Crippen LogP contribution is 2.42. The monoisotopic (exact) mass is 400 g/mol. The topological polar surface area (TPSA) is 69.5 Å². The summed E-state index contributed by atoms with van der Waals surface area (Å²) in [5.41, 5.74) is 5.44. The summed E-state index contributed by atoms with van der Waals surface area (Å²) in [5, 5.41) is 1.17. The van der Waals surface area contributed by atoms with E-state index in [1.165, 1.54) is 5.39 Å². The van der Waals surface area contributed by atoms with Crippen molar-refractivity contribution in [2.75, 3.05) is 21.3 Å². The van der Waals surface area contributed by atoms with Gasteiger partial charge in [-0.1, -0.05) is 12.1 Å². The fraction of sp³-hybridized carbons (Fsp3) is 0.125. The quantitative estimate of drug-likeness (QED) is 0.412. The Labute approximate surface area is 173 Å². The third-order valence-electron chi connectivity index (χ3n) is 5.23. The number of hydrogen-bond acceptors (Lipinski definition) is 5. The summed E-state index contributed by atoms with van der Waals surface area (Å²) in [6.07, 6.45) is 3.73. The molecule has 1 N–H and O–H groups in total. The van der Waals surface area contributed by atoms with Crippen LogP contribution < -0.4 is 14.2 Å². The van der Waals surface area contributed by atoms with Crippen LogP contribution in [0, 0.1) is 0 Å². The van der Waals surface area contributed by atoms with Gasteiger partial charge in [0, 0.05) is 35.1 Å². The van der Waals surface area contributed by atoms with Crippen molar-refractivity contribution < 1.29 is 18.6 Å². The maximum Gasteiger partial charge on any atom is 0.203 e. The smallest absolute Gasteiger partial charge is 0.203 e. The zero-order valence-corrected chi connectivity index (χ0v) is 16.9. The van der Waals surface area contributed by atoms with Crippen LogP contribution in [0.4, 0.5) is 0 Å². The molecule has 0 fully saturated rings. The van der Waals surface area contributed by atoms with Crippen molar-refractivity contribution in [2.45, 2.75) is 0 Å². The van der Waals surface area contributed by atoms with E-state index in [9.17, 15) is 0 Å². The van der Waals surface area contributed by atoms with Crippen molar-refractivity contribution in [2.24, 2.45) is 0 Å². The number of furan rings is 1. The van der Waals surface area contributed by atoms with Gasteiger partial charge in [-0.2, -0.15) is 0 Å². The van der Waals surface area contributed by atoms with Crippen LogP contribution in [-0.4, -0.2) is 31.3 Å². The first-order valence-corrected chi connectivity index (χ1v) is 9.48. The van der Waals surface area contributed by atoms with Crippen molar-refractivity contribution >= 4 is 22.0 Å². The van der Waals surface area contributed by atoms with Gasteiger partial charge in [-0.15, -0.1) is 0 Å². The molecule has 6 heteroatoms. The molecule has 5 aromatic rings. The van der Waals surface area contributed by atoms with E-state index in [2.05, 4.69) is 34.2 Å². The van der Waals surface area contributed by atoms with Crippen LogP contribution in [-0.2, 0) is 0 Å². The van der Waals surface area contributed by atoms with Crippen molar-refractivity contribution in [3.05, 3.63) is 60.9 Å². The minimum Gasteiger partial charge on any atom is -0.493 e. The minimum atomic E-state index is 0.540. The first kappa shape index (κ1) is 18.1.